The molecule has 1 unspecified atom stereocenters. The number of carbonyl (C=O) groups excluding carboxylic acids is 1. The average molecular weight is 1010 g/mol. The molecule has 0 aliphatic heterocycles. The third-order valence-electron chi connectivity index (χ3n) is 13.9. The van der Waals surface area contributed by atoms with Crippen molar-refractivity contribution >= 4 is 17.5 Å². The van der Waals surface area contributed by atoms with Gasteiger partial charge < -0.3 is 35.5 Å². The van der Waals surface area contributed by atoms with Gasteiger partial charge in [-0.15, -0.1) is 0 Å². The van der Waals surface area contributed by atoms with Gasteiger partial charge in [0.05, 0.1) is 35.2 Å². The van der Waals surface area contributed by atoms with Gasteiger partial charge in [0, 0.05) is 35.8 Å². The second-order valence-corrected chi connectivity index (χ2v) is 23.2. The lowest BCUT2D eigenvalue weighted by Crippen LogP contribution is -2.67. The van der Waals surface area contributed by atoms with Crippen molar-refractivity contribution in [1.82, 2.24) is 15.5 Å². The largest absolute Gasteiger partial charge is 0.487 e. The smallest absolute Gasteiger partial charge is 0.411 e. The van der Waals surface area contributed by atoms with Gasteiger partial charge in [-0.2, -0.15) is 0 Å². The van der Waals surface area contributed by atoms with Crippen molar-refractivity contribution in [3.63, 3.8) is 0 Å². The molecule has 2 aliphatic rings. The fourth-order valence-corrected chi connectivity index (χ4v) is 9.33. The van der Waals surface area contributed by atoms with Crippen molar-refractivity contribution in [3.8, 4) is 11.5 Å². The second-order valence-electron chi connectivity index (χ2n) is 23.2. The molecule has 0 saturated heterocycles. The Morgan fingerprint density at radius 3 is 1.60 bits per heavy atom. The maximum absolute atomic E-state index is 15.4. The van der Waals surface area contributed by atoms with Crippen LogP contribution in [-0.2, 0) is 39.5 Å². The van der Waals surface area contributed by atoms with Gasteiger partial charge in [-0.05, 0) is 128 Å². The zero-order valence-electron chi connectivity index (χ0n) is 44.8. The second kappa shape index (κ2) is 22.9. The van der Waals surface area contributed by atoms with E-state index < -0.39 is 63.1 Å². The molecule has 6 rings (SSSR count). The van der Waals surface area contributed by atoms with Crippen molar-refractivity contribution in [2.45, 2.75) is 185 Å². The molecule has 6 N–H and O–H groups in total. The molecule has 398 valence electrons. The fourth-order valence-electron chi connectivity index (χ4n) is 9.33. The first-order valence-electron chi connectivity index (χ1n) is 25.9. The van der Waals surface area contributed by atoms with Crippen LogP contribution >= 0.6 is 0 Å². The van der Waals surface area contributed by atoms with Crippen LogP contribution in [0.3, 0.4) is 0 Å². The Morgan fingerprint density at radius 1 is 0.712 bits per heavy atom. The van der Waals surface area contributed by atoms with Crippen molar-refractivity contribution in [3.05, 3.63) is 139 Å². The molecule has 0 bridgehead atoms. The third kappa shape index (κ3) is 14.4. The standard InChI is InChI=1S/C57H80N6O10/c1-12-28-71-48-32-37(20-22-44(48)62(67)68)30-43(58)50(65)51(60-57(26-27-57)42-19-15-17-40(35-42)54(6,7)8)61(52(66)73-55(9,10)11)46(31-38-21-23-45(63(69)70)49(33-38)72-29-13-2)47(64)36-59-56(24-25-56)41-18-14-16-39(34-41)53(3,4)5/h14-23,32-35,43,46-47,50-51,59-60,64-65H,12-13,24-31,36,58H2,1-11H3/t43-,46-,47-,50-,51?/m0/s1. The molecule has 0 aromatic heterocycles. The first-order chi connectivity index (χ1) is 34.2. The Bertz CT molecular complexity index is 2560. The van der Waals surface area contributed by atoms with Crippen molar-refractivity contribution in [2.75, 3.05) is 19.8 Å². The molecule has 2 saturated carbocycles. The zero-order valence-corrected chi connectivity index (χ0v) is 44.8. The molecule has 2 fully saturated rings. The number of carbonyl (C=O) groups is 1. The first kappa shape index (κ1) is 56.6. The zero-order chi connectivity index (χ0) is 53.7. The number of aliphatic hydroxyl groups is 2. The highest BCUT2D eigenvalue weighted by molar-refractivity contribution is 5.69. The number of ether oxygens (including phenoxy) is 3. The number of nitro benzene ring substituents is 2. The number of hydrogen-bond donors (Lipinski definition) is 5. The Balaban J connectivity index is 1.51. The number of benzene rings is 4. The molecule has 0 radical (unpaired) electrons. The molecule has 2 aliphatic carbocycles. The van der Waals surface area contributed by atoms with Gasteiger partial charge in [0.25, 0.3) is 0 Å². The van der Waals surface area contributed by atoms with E-state index >= 15 is 4.79 Å². The van der Waals surface area contributed by atoms with E-state index in [0.717, 1.165) is 29.5 Å². The monoisotopic (exact) mass is 1010 g/mol. The van der Waals surface area contributed by atoms with Crippen LogP contribution in [0.4, 0.5) is 16.2 Å². The minimum Gasteiger partial charge on any atom is -0.487 e. The summed E-state index contributed by atoms with van der Waals surface area (Å²) < 4.78 is 18.0. The SMILES string of the molecule is CCCOc1cc(C[C@H](N)[C@H](O)C(NC2(c3cccc(C(C)(C)C)c3)CC2)N(C(=O)OC(C)(C)C)[C@@H](Cc2ccc([N+](=O)[O-])c(OCCC)c2)[C@@H](O)CNC2(c3cccc(C(C)(C)C)c3)CC2)ccc1[N+](=O)[O-]. The molecule has 4 aromatic carbocycles. The number of nitro groups is 2. The van der Waals surface area contributed by atoms with Crippen molar-refractivity contribution in [2.24, 2.45) is 5.73 Å². The van der Waals surface area contributed by atoms with Gasteiger partial charge in [0.15, 0.2) is 11.5 Å². The predicted molar refractivity (Wildman–Crippen MR) is 284 cm³/mol. The lowest BCUT2D eigenvalue weighted by molar-refractivity contribution is -0.386. The summed E-state index contributed by atoms with van der Waals surface area (Å²) in [5.74, 6) is 0.124. The van der Waals surface area contributed by atoms with Gasteiger partial charge in [-0.25, -0.2) is 4.79 Å². The van der Waals surface area contributed by atoms with Crippen LogP contribution in [0.15, 0.2) is 84.9 Å². The Kier molecular flexibility index (Phi) is 17.7. The molecule has 16 nitrogen and oxygen atoms in total. The number of nitrogens with two attached hydrogens (primary N) is 1. The van der Waals surface area contributed by atoms with Gasteiger partial charge in [0.1, 0.15) is 17.9 Å². The molecule has 4 aromatic rings. The molecule has 1 amide bonds. The van der Waals surface area contributed by atoms with E-state index in [1.807, 2.05) is 26.0 Å². The van der Waals surface area contributed by atoms with E-state index in [4.69, 9.17) is 19.9 Å². The summed E-state index contributed by atoms with van der Waals surface area (Å²) in [6.45, 7) is 22.4. The third-order valence-corrected chi connectivity index (χ3v) is 13.9. The summed E-state index contributed by atoms with van der Waals surface area (Å²) in [5.41, 5.74) is 9.51. The quantitative estimate of drug-likeness (QED) is 0.0251. The van der Waals surface area contributed by atoms with E-state index in [1.54, 1.807) is 45.0 Å². The minimum atomic E-state index is -1.55. The van der Waals surface area contributed by atoms with Gasteiger partial charge in [-0.1, -0.05) is 116 Å². The van der Waals surface area contributed by atoms with Crippen LogP contribution in [0.2, 0.25) is 0 Å². The molecular formula is C57H80N6O10. The maximum atomic E-state index is 15.4. The molecule has 0 heterocycles. The highest BCUT2D eigenvalue weighted by Crippen LogP contribution is 2.48. The van der Waals surface area contributed by atoms with Crippen molar-refractivity contribution in [1.29, 1.82) is 0 Å². The Labute approximate surface area is 431 Å². The minimum absolute atomic E-state index is 0.00680. The van der Waals surface area contributed by atoms with Crippen LogP contribution in [-0.4, -0.2) is 86.9 Å². The van der Waals surface area contributed by atoms with Crippen LogP contribution < -0.4 is 25.8 Å². The number of nitrogens with one attached hydrogen (secondary N) is 2. The summed E-state index contributed by atoms with van der Waals surface area (Å²) in [4.78, 5) is 40.0. The van der Waals surface area contributed by atoms with Gasteiger partial charge in [0.2, 0.25) is 0 Å². The van der Waals surface area contributed by atoms with Crippen LogP contribution in [0.5, 0.6) is 11.5 Å². The predicted octanol–water partition coefficient (Wildman–Crippen LogP) is 10.00. The highest BCUT2D eigenvalue weighted by Gasteiger charge is 2.52. The molecule has 73 heavy (non-hydrogen) atoms. The highest BCUT2D eigenvalue weighted by atomic mass is 16.6. The molecule has 0 spiro atoms. The van der Waals surface area contributed by atoms with E-state index in [0.29, 0.717) is 36.8 Å². The van der Waals surface area contributed by atoms with Gasteiger partial charge in [-0.3, -0.25) is 30.4 Å². The van der Waals surface area contributed by atoms with Crippen LogP contribution in [0, 0.1) is 20.2 Å². The topological polar surface area (TPSA) is 225 Å². The number of amides is 1. The summed E-state index contributed by atoms with van der Waals surface area (Å²) in [7, 11) is 0. The summed E-state index contributed by atoms with van der Waals surface area (Å²) in [6, 6.07) is 23.5. The number of aliphatic hydroxyl groups excluding tert-OH is 2. The first-order valence-corrected chi connectivity index (χ1v) is 25.9. The normalized spacial score (nSPS) is 17.1. The Hall–Kier alpha value is -5.65. The molecule has 16 heteroatoms. The van der Waals surface area contributed by atoms with E-state index in [-0.39, 0.29) is 66.3 Å². The summed E-state index contributed by atoms with van der Waals surface area (Å²) in [5, 5.41) is 57.7. The van der Waals surface area contributed by atoms with Gasteiger partial charge >= 0.3 is 17.5 Å². The lowest BCUT2D eigenvalue weighted by Gasteiger charge is -2.45. The Morgan fingerprint density at radius 2 is 1.18 bits per heavy atom. The number of nitrogens with zero attached hydrogens (tertiary/aromatic N) is 3. The van der Waals surface area contributed by atoms with E-state index in [2.05, 4.69) is 88.6 Å². The number of rotatable bonds is 24. The van der Waals surface area contributed by atoms with E-state index in [9.17, 15) is 30.4 Å². The number of hydrogen-bond acceptors (Lipinski definition) is 13. The van der Waals surface area contributed by atoms with E-state index in [1.165, 1.54) is 22.6 Å². The summed E-state index contributed by atoms with van der Waals surface area (Å²) >= 11 is 0. The fraction of sp³-hybridized carbons (Fsp3) is 0.561. The lowest BCUT2D eigenvalue weighted by atomic mass is 9.85. The maximum Gasteiger partial charge on any atom is 0.411 e. The average Bonchev–Trinajstić information content (AvgIpc) is 4.27. The van der Waals surface area contributed by atoms with Crippen LogP contribution in [0.1, 0.15) is 148 Å². The molecular weight excluding hydrogens is 929 g/mol. The summed E-state index contributed by atoms with van der Waals surface area (Å²) in [6.07, 6.45) is -0.946. The van der Waals surface area contributed by atoms with Crippen LogP contribution in [0.25, 0.3) is 0 Å². The molecule has 5 atom stereocenters. The van der Waals surface area contributed by atoms with Crippen molar-refractivity contribution < 1.29 is 39.1 Å².